The molecule has 0 amide bonds. The van der Waals surface area contributed by atoms with Crippen LogP contribution in [0.3, 0.4) is 0 Å². The van der Waals surface area contributed by atoms with Gasteiger partial charge in [-0.05, 0) is 38.3 Å². The van der Waals surface area contributed by atoms with Gasteiger partial charge in [-0.1, -0.05) is 0 Å². The molecule has 0 bridgehead atoms. The number of aromatic amines is 1. The predicted molar refractivity (Wildman–Crippen MR) is 72.2 cm³/mol. The highest BCUT2D eigenvalue weighted by molar-refractivity contribution is 5.28. The first-order valence-electron chi connectivity index (χ1n) is 6.60. The SMILES string of the molecule is Cc1cc(CNC2CC2)cc(Oc2cc(C)[nH]n2)n1. The summed E-state index contributed by atoms with van der Waals surface area (Å²) in [6.45, 7) is 4.78. The van der Waals surface area contributed by atoms with Crippen LogP contribution in [0.4, 0.5) is 0 Å². The van der Waals surface area contributed by atoms with Crippen LogP contribution in [-0.2, 0) is 6.54 Å². The number of hydrogen-bond acceptors (Lipinski definition) is 4. The van der Waals surface area contributed by atoms with Gasteiger partial charge in [0.05, 0.1) is 0 Å². The zero-order valence-corrected chi connectivity index (χ0v) is 11.2. The van der Waals surface area contributed by atoms with Crippen molar-refractivity contribution < 1.29 is 4.74 Å². The third-order valence-corrected chi connectivity index (χ3v) is 3.05. The van der Waals surface area contributed by atoms with Crippen molar-refractivity contribution in [2.75, 3.05) is 0 Å². The molecule has 3 rings (SSSR count). The molecular weight excluding hydrogens is 240 g/mol. The maximum atomic E-state index is 5.66. The van der Waals surface area contributed by atoms with Crippen LogP contribution in [0.15, 0.2) is 18.2 Å². The van der Waals surface area contributed by atoms with Crippen molar-refractivity contribution >= 4 is 0 Å². The number of aromatic nitrogens is 3. The van der Waals surface area contributed by atoms with Gasteiger partial charge in [-0.15, -0.1) is 5.10 Å². The first-order valence-corrected chi connectivity index (χ1v) is 6.60. The molecule has 5 heteroatoms. The highest BCUT2D eigenvalue weighted by Crippen LogP contribution is 2.22. The number of hydrogen-bond donors (Lipinski definition) is 2. The van der Waals surface area contributed by atoms with E-state index in [1.165, 1.54) is 18.4 Å². The molecule has 1 saturated carbocycles. The molecule has 1 aliphatic carbocycles. The molecule has 0 saturated heterocycles. The van der Waals surface area contributed by atoms with Gasteiger partial charge in [0.25, 0.3) is 0 Å². The van der Waals surface area contributed by atoms with Gasteiger partial charge < -0.3 is 10.1 Å². The molecule has 5 nitrogen and oxygen atoms in total. The Balaban J connectivity index is 1.72. The first-order chi connectivity index (χ1) is 9.19. The minimum atomic E-state index is 0.553. The standard InChI is InChI=1S/C14H18N4O/c1-9-5-11(8-15-12-3-4-12)7-13(16-9)19-14-6-10(2)17-18-14/h5-7,12,15H,3-4,8H2,1-2H3,(H,17,18). The zero-order valence-electron chi connectivity index (χ0n) is 11.2. The van der Waals surface area contributed by atoms with Gasteiger partial charge in [-0.2, -0.15) is 0 Å². The van der Waals surface area contributed by atoms with Gasteiger partial charge in [0.2, 0.25) is 11.8 Å². The third-order valence-electron chi connectivity index (χ3n) is 3.05. The lowest BCUT2D eigenvalue weighted by atomic mass is 10.2. The van der Waals surface area contributed by atoms with Crippen LogP contribution in [0, 0.1) is 13.8 Å². The number of nitrogens with zero attached hydrogens (tertiary/aromatic N) is 2. The Morgan fingerprint density at radius 1 is 1.26 bits per heavy atom. The largest absolute Gasteiger partial charge is 0.419 e. The Morgan fingerprint density at radius 2 is 2.11 bits per heavy atom. The molecule has 0 aromatic carbocycles. The fraction of sp³-hybridized carbons (Fsp3) is 0.429. The van der Waals surface area contributed by atoms with Crippen LogP contribution in [0.2, 0.25) is 0 Å². The topological polar surface area (TPSA) is 62.8 Å². The number of pyridine rings is 1. The van der Waals surface area contributed by atoms with Crippen LogP contribution in [0.5, 0.6) is 11.8 Å². The van der Waals surface area contributed by atoms with E-state index in [2.05, 4.69) is 26.6 Å². The van der Waals surface area contributed by atoms with Gasteiger partial charge in [0, 0.05) is 36.1 Å². The van der Waals surface area contributed by atoms with E-state index < -0.39 is 0 Å². The lowest BCUT2D eigenvalue weighted by molar-refractivity contribution is 0.441. The van der Waals surface area contributed by atoms with Gasteiger partial charge >= 0.3 is 0 Å². The molecule has 1 fully saturated rings. The molecule has 0 atom stereocenters. The lowest BCUT2D eigenvalue weighted by Gasteiger charge is -2.07. The van der Waals surface area contributed by atoms with E-state index in [-0.39, 0.29) is 0 Å². The van der Waals surface area contributed by atoms with Crippen molar-refractivity contribution in [2.24, 2.45) is 0 Å². The number of nitrogens with one attached hydrogen (secondary N) is 2. The molecule has 100 valence electrons. The summed E-state index contributed by atoms with van der Waals surface area (Å²) in [7, 11) is 0. The summed E-state index contributed by atoms with van der Waals surface area (Å²) in [5.74, 6) is 1.15. The fourth-order valence-electron chi connectivity index (χ4n) is 1.96. The number of rotatable bonds is 5. The van der Waals surface area contributed by atoms with E-state index >= 15 is 0 Å². The Labute approximate surface area is 112 Å². The minimum Gasteiger partial charge on any atom is -0.419 e. The van der Waals surface area contributed by atoms with E-state index in [0.717, 1.165) is 17.9 Å². The maximum absolute atomic E-state index is 5.66. The molecule has 2 heterocycles. The van der Waals surface area contributed by atoms with Crippen molar-refractivity contribution in [3.05, 3.63) is 35.2 Å². The summed E-state index contributed by atoms with van der Waals surface area (Å²) in [5, 5.41) is 10.4. The lowest BCUT2D eigenvalue weighted by Crippen LogP contribution is -2.15. The van der Waals surface area contributed by atoms with Crippen molar-refractivity contribution in [1.29, 1.82) is 0 Å². The summed E-state index contributed by atoms with van der Waals surface area (Å²) >= 11 is 0. The second kappa shape index (κ2) is 5.01. The Morgan fingerprint density at radius 3 is 2.79 bits per heavy atom. The molecule has 2 N–H and O–H groups in total. The predicted octanol–water partition coefficient (Wildman–Crippen LogP) is 2.47. The Bertz CT molecular complexity index is 575. The summed E-state index contributed by atoms with van der Waals surface area (Å²) in [5.41, 5.74) is 3.12. The molecule has 2 aromatic rings. The Kier molecular flexibility index (Phi) is 3.21. The summed E-state index contributed by atoms with van der Waals surface area (Å²) < 4.78 is 5.66. The fourth-order valence-corrected chi connectivity index (χ4v) is 1.96. The third kappa shape index (κ3) is 3.32. The average Bonchev–Trinajstić information content (AvgIpc) is 3.10. The molecule has 0 spiro atoms. The second-order valence-corrected chi connectivity index (χ2v) is 5.10. The average molecular weight is 258 g/mol. The van der Waals surface area contributed by atoms with E-state index in [9.17, 15) is 0 Å². The highest BCUT2D eigenvalue weighted by atomic mass is 16.5. The molecule has 0 unspecified atom stereocenters. The normalized spacial score (nSPS) is 14.6. The van der Waals surface area contributed by atoms with Crippen molar-refractivity contribution in [2.45, 2.75) is 39.3 Å². The molecule has 0 aliphatic heterocycles. The van der Waals surface area contributed by atoms with Crippen LogP contribution >= 0.6 is 0 Å². The van der Waals surface area contributed by atoms with E-state index in [1.807, 2.05) is 26.0 Å². The minimum absolute atomic E-state index is 0.553. The number of H-pyrrole nitrogens is 1. The zero-order chi connectivity index (χ0) is 13.2. The van der Waals surface area contributed by atoms with E-state index in [4.69, 9.17) is 4.74 Å². The smallest absolute Gasteiger partial charge is 0.240 e. The molecule has 2 aromatic heterocycles. The van der Waals surface area contributed by atoms with Crippen LogP contribution in [0.25, 0.3) is 0 Å². The van der Waals surface area contributed by atoms with Crippen LogP contribution < -0.4 is 10.1 Å². The maximum Gasteiger partial charge on any atom is 0.240 e. The second-order valence-electron chi connectivity index (χ2n) is 5.10. The number of ether oxygens (including phenoxy) is 1. The van der Waals surface area contributed by atoms with Crippen molar-refractivity contribution in [3.8, 4) is 11.8 Å². The molecule has 19 heavy (non-hydrogen) atoms. The molecule has 1 aliphatic rings. The summed E-state index contributed by atoms with van der Waals surface area (Å²) in [6, 6.07) is 6.60. The van der Waals surface area contributed by atoms with Gasteiger partial charge in [0.1, 0.15) is 0 Å². The van der Waals surface area contributed by atoms with Crippen molar-refractivity contribution in [1.82, 2.24) is 20.5 Å². The highest BCUT2D eigenvalue weighted by Gasteiger charge is 2.20. The van der Waals surface area contributed by atoms with Crippen LogP contribution in [-0.4, -0.2) is 21.2 Å². The quantitative estimate of drug-likeness (QED) is 0.864. The number of aryl methyl sites for hydroxylation is 2. The first kappa shape index (κ1) is 12.2. The van der Waals surface area contributed by atoms with Crippen molar-refractivity contribution in [3.63, 3.8) is 0 Å². The summed E-state index contributed by atoms with van der Waals surface area (Å²) in [4.78, 5) is 4.38. The van der Waals surface area contributed by atoms with Gasteiger partial charge in [-0.3, -0.25) is 5.10 Å². The van der Waals surface area contributed by atoms with Gasteiger partial charge in [0.15, 0.2) is 0 Å². The Hall–Kier alpha value is -1.88. The van der Waals surface area contributed by atoms with E-state index in [0.29, 0.717) is 17.8 Å². The molecule has 0 radical (unpaired) electrons. The van der Waals surface area contributed by atoms with Gasteiger partial charge in [-0.25, -0.2) is 4.98 Å². The van der Waals surface area contributed by atoms with Crippen LogP contribution in [0.1, 0.15) is 29.8 Å². The molecular formula is C14H18N4O. The summed E-state index contributed by atoms with van der Waals surface area (Å²) in [6.07, 6.45) is 2.58. The monoisotopic (exact) mass is 258 g/mol. The van der Waals surface area contributed by atoms with E-state index in [1.54, 1.807) is 0 Å².